The number of Topliss-reactive ketones (excluding diaryl/α,β-unsaturated/α-hetero) is 1. The zero-order chi connectivity index (χ0) is 10.6. The van der Waals surface area contributed by atoms with Crippen LogP contribution in [-0.4, -0.2) is 17.6 Å². The SMILES string of the molecule is CC(=O)c1ccc(OCC(=O)Cl)cc1. The van der Waals surface area contributed by atoms with Crippen molar-refractivity contribution in [2.45, 2.75) is 6.92 Å². The van der Waals surface area contributed by atoms with Gasteiger partial charge in [0.15, 0.2) is 12.4 Å². The molecular weight excluding hydrogens is 204 g/mol. The van der Waals surface area contributed by atoms with E-state index in [2.05, 4.69) is 0 Å². The summed E-state index contributed by atoms with van der Waals surface area (Å²) < 4.78 is 5.01. The number of carbonyl (C=O) groups is 2. The third-order valence-corrected chi connectivity index (χ3v) is 1.72. The molecule has 74 valence electrons. The van der Waals surface area contributed by atoms with Crippen molar-refractivity contribution in [2.75, 3.05) is 6.61 Å². The molecule has 1 aromatic rings. The van der Waals surface area contributed by atoms with E-state index in [9.17, 15) is 9.59 Å². The predicted octanol–water partition coefficient (Wildman–Crippen LogP) is 2.03. The van der Waals surface area contributed by atoms with Crippen molar-refractivity contribution in [1.29, 1.82) is 0 Å². The standard InChI is InChI=1S/C10H9ClO3/c1-7(12)8-2-4-9(5-3-8)14-6-10(11)13/h2-5H,6H2,1H3. The molecule has 0 aromatic heterocycles. The maximum atomic E-state index is 10.9. The van der Waals surface area contributed by atoms with Crippen LogP contribution in [0.25, 0.3) is 0 Å². The highest BCUT2D eigenvalue weighted by Gasteiger charge is 2.01. The third kappa shape index (κ3) is 3.18. The van der Waals surface area contributed by atoms with Gasteiger partial charge in [-0.15, -0.1) is 0 Å². The summed E-state index contributed by atoms with van der Waals surface area (Å²) in [5, 5.41) is -0.555. The van der Waals surface area contributed by atoms with Crippen molar-refractivity contribution >= 4 is 22.6 Å². The molecule has 0 spiro atoms. The summed E-state index contributed by atoms with van der Waals surface area (Å²) in [4.78, 5) is 21.3. The summed E-state index contributed by atoms with van der Waals surface area (Å²) in [5.41, 5.74) is 0.606. The largest absolute Gasteiger partial charge is 0.484 e. The van der Waals surface area contributed by atoms with E-state index < -0.39 is 5.24 Å². The lowest BCUT2D eigenvalue weighted by Gasteiger charge is -2.02. The summed E-state index contributed by atoms with van der Waals surface area (Å²) in [6.07, 6.45) is 0. The number of hydrogen-bond acceptors (Lipinski definition) is 3. The number of carbonyl (C=O) groups excluding carboxylic acids is 2. The van der Waals surface area contributed by atoms with Gasteiger partial charge in [0, 0.05) is 5.56 Å². The van der Waals surface area contributed by atoms with E-state index in [1.54, 1.807) is 24.3 Å². The molecule has 0 N–H and O–H groups in total. The molecule has 0 heterocycles. The van der Waals surface area contributed by atoms with E-state index in [-0.39, 0.29) is 12.4 Å². The molecule has 0 bridgehead atoms. The van der Waals surface area contributed by atoms with Crippen molar-refractivity contribution < 1.29 is 14.3 Å². The summed E-state index contributed by atoms with van der Waals surface area (Å²) in [6.45, 7) is 1.32. The Morgan fingerprint density at radius 2 is 1.86 bits per heavy atom. The highest BCUT2D eigenvalue weighted by atomic mass is 35.5. The molecule has 3 nitrogen and oxygen atoms in total. The first-order valence-corrected chi connectivity index (χ1v) is 4.39. The Balaban J connectivity index is 2.64. The van der Waals surface area contributed by atoms with Crippen molar-refractivity contribution in [3.05, 3.63) is 29.8 Å². The fraction of sp³-hybridized carbons (Fsp3) is 0.200. The first-order chi connectivity index (χ1) is 6.59. The van der Waals surface area contributed by atoms with E-state index in [1.807, 2.05) is 0 Å². The van der Waals surface area contributed by atoms with Gasteiger partial charge in [0.05, 0.1) is 0 Å². The van der Waals surface area contributed by atoms with Gasteiger partial charge >= 0.3 is 0 Å². The molecule has 0 saturated carbocycles. The number of halogens is 1. The van der Waals surface area contributed by atoms with Gasteiger partial charge in [0.1, 0.15) is 5.75 Å². The van der Waals surface area contributed by atoms with Crippen LogP contribution < -0.4 is 4.74 Å². The molecule has 0 unspecified atom stereocenters. The second-order valence-corrected chi connectivity index (χ2v) is 3.15. The number of rotatable bonds is 4. The Kier molecular flexibility index (Phi) is 3.65. The van der Waals surface area contributed by atoms with E-state index in [1.165, 1.54) is 6.92 Å². The molecule has 0 fully saturated rings. The zero-order valence-electron chi connectivity index (χ0n) is 7.62. The first-order valence-electron chi connectivity index (χ1n) is 4.01. The summed E-state index contributed by atoms with van der Waals surface area (Å²) in [7, 11) is 0. The van der Waals surface area contributed by atoms with Gasteiger partial charge < -0.3 is 4.74 Å². The molecular formula is C10H9ClO3. The van der Waals surface area contributed by atoms with Crippen LogP contribution >= 0.6 is 11.6 Å². The Bertz CT molecular complexity index is 343. The number of ether oxygens (including phenoxy) is 1. The van der Waals surface area contributed by atoms with Gasteiger partial charge in [-0.05, 0) is 42.8 Å². The Labute approximate surface area is 86.6 Å². The Morgan fingerprint density at radius 1 is 1.29 bits per heavy atom. The lowest BCUT2D eigenvalue weighted by atomic mass is 10.1. The van der Waals surface area contributed by atoms with E-state index >= 15 is 0 Å². The van der Waals surface area contributed by atoms with Crippen molar-refractivity contribution in [3.8, 4) is 5.75 Å². The minimum atomic E-state index is -0.555. The second-order valence-electron chi connectivity index (χ2n) is 2.72. The average molecular weight is 213 g/mol. The number of hydrogen-bond donors (Lipinski definition) is 0. The van der Waals surface area contributed by atoms with Crippen LogP contribution in [-0.2, 0) is 4.79 Å². The fourth-order valence-electron chi connectivity index (χ4n) is 0.926. The monoisotopic (exact) mass is 212 g/mol. The molecule has 0 amide bonds. The van der Waals surface area contributed by atoms with Crippen LogP contribution in [0.5, 0.6) is 5.75 Å². The van der Waals surface area contributed by atoms with Crippen molar-refractivity contribution in [1.82, 2.24) is 0 Å². The Hall–Kier alpha value is -1.35. The maximum Gasteiger partial charge on any atom is 0.259 e. The Morgan fingerprint density at radius 3 is 2.29 bits per heavy atom. The third-order valence-electron chi connectivity index (χ3n) is 1.61. The van der Waals surface area contributed by atoms with Gasteiger partial charge in [-0.2, -0.15) is 0 Å². The minimum Gasteiger partial charge on any atom is -0.484 e. The lowest BCUT2D eigenvalue weighted by molar-refractivity contribution is -0.113. The van der Waals surface area contributed by atoms with Crippen molar-refractivity contribution in [3.63, 3.8) is 0 Å². The second kappa shape index (κ2) is 4.77. The van der Waals surface area contributed by atoms with E-state index in [4.69, 9.17) is 16.3 Å². The average Bonchev–Trinajstić information content (AvgIpc) is 2.15. The highest BCUT2D eigenvalue weighted by Crippen LogP contribution is 2.12. The van der Waals surface area contributed by atoms with E-state index in [0.29, 0.717) is 11.3 Å². The van der Waals surface area contributed by atoms with Crippen LogP contribution in [0.2, 0.25) is 0 Å². The number of ketones is 1. The van der Waals surface area contributed by atoms with Gasteiger partial charge in [-0.1, -0.05) is 0 Å². The van der Waals surface area contributed by atoms with Gasteiger partial charge in [-0.25, -0.2) is 0 Å². The van der Waals surface area contributed by atoms with Gasteiger partial charge in [0.2, 0.25) is 0 Å². The molecule has 0 radical (unpaired) electrons. The molecule has 0 saturated heterocycles. The topological polar surface area (TPSA) is 43.4 Å². The molecule has 0 atom stereocenters. The molecule has 0 aliphatic rings. The minimum absolute atomic E-state index is 0.00929. The van der Waals surface area contributed by atoms with E-state index in [0.717, 1.165) is 0 Å². The molecule has 4 heteroatoms. The smallest absolute Gasteiger partial charge is 0.259 e. The fourth-order valence-corrected chi connectivity index (χ4v) is 0.980. The zero-order valence-corrected chi connectivity index (χ0v) is 8.38. The van der Waals surface area contributed by atoms with Crippen LogP contribution in [0.1, 0.15) is 17.3 Å². The van der Waals surface area contributed by atoms with Gasteiger partial charge in [0.25, 0.3) is 5.24 Å². The summed E-state index contributed by atoms with van der Waals surface area (Å²) >= 11 is 5.09. The maximum absolute atomic E-state index is 10.9. The molecule has 1 rings (SSSR count). The van der Waals surface area contributed by atoms with Crippen LogP contribution in [0.4, 0.5) is 0 Å². The predicted molar refractivity (Wildman–Crippen MR) is 52.8 cm³/mol. The lowest BCUT2D eigenvalue weighted by Crippen LogP contribution is -2.04. The van der Waals surface area contributed by atoms with Gasteiger partial charge in [-0.3, -0.25) is 9.59 Å². The quantitative estimate of drug-likeness (QED) is 0.567. The normalized spacial score (nSPS) is 9.57. The van der Waals surface area contributed by atoms with Crippen LogP contribution in [0, 0.1) is 0 Å². The molecule has 1 aromatic carbocycles. The van der Waals surface area contributed by atoms with Crippen LogP contribution in [0.15, 0.2) is 24.3 Å². The molecule has 14 heavy (non-hydrogen) atoms. The van der Waals surface area contributed by atoms with Crippen LogP contribution in [0.3, 0.4) is 0 Å². The highest BCUT2D eigenvalue weighted by molar-refractivity contribution is 6.63. The first kappa shape index (κ1) is 10.7. The molecule has 0 aliphatic heterocycles. The number of benzene rings is 1. The summed E-state index contributed by atoms with van der Waals surface area (Å²) in [6, 6.07) is 6.51. The van der Waals surface area contributed by atoms with Crippen molar-refractivity contribution in [2.24, 2.45) is 0 Å². The summed E-state index contributed by atoms with van der Waals surface area (Å²) in [5.74, 6) is 0.508. The molecule has 0 aliphatic carbocycles.